The standard InChI is InChI=1S/C11H8BrF2N3/c12-7-2-8(13)11(9(14)3-7)6-1-10-16-15-5-17(10)4-6/h2-3,5-6H,1,4H2. The van der Waals surface area contributed by atoms with Crippen molar-refractivity contribution in [2.24, 2.45) is 0 Å². The molecule has 1 aliphatic rings. The minimum absolute atomic E-state index is 0.138. The summed E-state index contributed by atoms with van der Waals surface area (Å²) in [5, 5.41) is 7.66. The van der Waals surface area contributed by atoms with Gasteiger partial charge in [-0.25, -0.2) is 8.78 Å². The molecule has 0 amide bonds. The number of nitrogens with zero attached hydrogens (tertiary/aromatic N) is 3. The highest BCUT2D eigenvalue weighted by Crippen LogP contribution is 2.33. The summed E-state index contributed by atoms with van der Waals surface area (Å²) in [5.74, 6) is -0.452. The van der Waals surface area contributed by atoms with Crippen molar-refractivity contribution in [1.82, 2.24) is 14.8 Å². The maximum absolute atomic E-state index is 13.8. The summed E-state index contributed by atoms with van der Waals surface area (Å²) in [6.07, 6.45) is 2.11. The molecule has 1 aliphatic heterocycles. The van der Waals surface area contributed by atoms with Gasteiger partial charge in [-0.05, 0) is 12.1 Å². The number of benzene rings is 1. The van der Waals surface area contributed by atoms with Crippen LogP contribution in [0.2, 0.25) is 0 Å². The van der Waals surface area contributed by atoms with Crippen molar-refractivity contribution in [2.75, 3.05) is 0 Å². The van der Waals surface area contributed by atoms with Crippen LogP contribution >= 0.6 is 15.9 Å². The van der Waals surface area contributed by atoms with Crippen LogP contribution in [0.15, 0.2) is 22.9 Å². The molecule has 1 aromatic carbocycles. The zero-order chi connectivity index (χ0) is 12.0. The van der Waals surface area contributed by atoms with Gasteiger partial charge in [0.05, 0.1) is 0 Å². The molecule has 0 N–H and O–H groups in total. The molecule has 0 saturated carbocycles. The monoisotopic (exact) mass is 299 g/mol. The van der Waals surface area contributed by atoms with E-state index in [9.17, 15) is 8.78 Å². The zero-order valence-corrected chi connectivity index (χ0v) is 10.3. The van der Waals surface area contributed by atoms with Crippen LogP contribution in [0.3, 0.4) is 0 Å². The molecule has 0 bridgehead atoms. The largest absolute Gasteiger partial charge is 0.317 e. The molecule has 2 aromatic rings. The highest BCUT2D eigenvalue weighted by Gasteiger charge is 2.29. The van der Waals surface area contributed by atoms with E-state index in [2.05, 4.69) is 26.1 Å². The molecule has 88 valence electrons. The van der Waals surface area contributed by atoms with Crippen LogP contribution in [0.25, 0.3) is 0 Å². The van der Waals surface area contributed by atoms with Gasteiger partial charge in [0.25, 0.3) is 0 Å². The summed E-state index contributed by atoms with van der Waals surface area (Å²) in [5.41, 5.74) is 0.138. The number of hydrogen-bond donors (Lipinski definition) is 0. The van der Waals surface area contributed by atoms with Crippen molar-refractivity contribution < 1.29 is 8.78 Å². The van der Waals surface area contributed by atoms with Crippen LogP contribution < -0.4 is 0 Å². The molecule has 17 heavy (non-hydrogen) atoms. The Morgan fingerprint density at radius 3 is 2.65 bits per heavy atom. The fraction of sp³-hybridized carbons (Fsp3) is 0.273. The van der Waals surface area contributed by atoms with Crippen molar-refractivity contribution in [3.63, 3.8) is 0 Å². The lowest BCUT2D eigenvalue weighted by atomic mass is 9.96. The third-order valence-electron chi connectivity index (χ3n) is 2.99. The van der Waals surface area contributed by atoms with E-state index in [4.69, 9.17) is 0 Å². The van der Waals surface area contributed by atoms with E-state index in [-0.39, 0.29) is 11.5 Å². The van der Waals surface area contributed by atoms with Crippen molar-refractivity contribution in [2.45, 2.75) is 18.9 Å². The zero-order valence-electron chi connectivity index (χ0n) is 8.70. The predicted molar refractivity (Wildman–Crippen MR) is 60.5 cm³/mol. The first-order valence-corrected chi connectivity index (χ1v) is 5.95. The molecule has 2 heterocycles. The summed E-state index contributed by atoms with van der Waals surface area (Å²) >= 11 is 3.07. The molecule has 0 aliphatic carbocycles. The molecule has 3 rings (SSSR count). The minimum atomic E-state index is -0.513. The van der Waals surface area contributed by atoms with Crippen molar-refractivity contribution in [1.29, 1.82) is 0 Å². The van der Waals surface area contributed by atoms with E-state index in [1.165, 1.54) is 12.1 Å². The van der Waals surface area contributed by atoms with Crippen LogP contribution in [-0.2, 0) is 13.0 Å². The first-order chi connectivity index (χ1) is 8.15. The van der Waals surface area contributed by atoms with Crippen molar-refractivity contribution in [3.05, 3.63) is 46.0 Å². The molecule has 0 spiro atoms. The van der Waals surface area contributed by atoms with E-state index in [1.54, 1.807) is 6.33 Å². The maximum atomic E-state index is 13.8. The average Bonchev–Trinajstić information content (AvgIpc) is 2.75. The third-order valence-corrected chi connectivity index (χ3v) is 3.45. The summed E-state index contributed by atoms with van der Waals surface area (Å²) < 4.78 is 29.8. The van der Waals surface area contributed by atoms with E-state index in [0.717, 1.165) is 5.82 Å². The number of hydrogen-bond acceptors (Lipinski definition) is 2. The lowest BCUT2D eigenvalue weighted by Gasteiger charge is -2.12. The number of rotatable bonds is 1. The van der Waals surface area contributed by atoms with Gasteiger partial charge in [0, 0.05) is 28.9 Å². The Hall–Kier alpha value is -1.30. The smallest absolute Gasteiger partial charge is 0.133 e. The van der Waals surface area contributed by atoms with Crippen LogP contribution in [0.4, 0.5) is 8.78 Å². The van der Waals surface area contributed by atoms with Gasteiger partial charge in [0.15, 0.2) is 0 Å². The Morgan fingerprint density at radius 2 is 2.00 bits per heavy atom. The van der Waals surface area contributed by atoms with E-state index in [1.807, 2.05) is 4.57 Å². The predicted octanol–water partition coefficient (Wildman–Crippen LogP) is 2.66. The van der Waals surface area contributed by atoms with Gasteiger partial charge in [0.1, 0.15) is 23.8 Å². The summed E-state index contributed by atoms with van der Waals surface area (Å²) in [6.45, 7) is 0.526. The van der Waals surface area contributed by atoms with E-state index >= 15 is 0 Å². The van der Waals surface area contributed by atoms with Crippen LogP contribution in [0.5, 0.6) is 0 Å². The molecule has 0 saturated heterocycles. The molecule has 0 fully saturated rings. The molecule has 1 unspecified atom stereocenters. The van der Waals surface area contributed by atoms with Gasteiger partial charge in [-0.1, -0.05) is 15.9 Å². The van der Waals surface area contributed by atoms with Gasteiger partial charge in [0.2, 0.25) is 0 Å². The Bertz CT molecular complexity index is 538. The topological polar surface area (TPSA) is 30.7 Å². The minimum Gasteiger partial charge on any atom is -0.317 e. The van der Waals surface area contributed by atoms with Crippen molar-refractivity contribution in [3.8, 4) is 0 Å². The Balaban J connectivity index is 1.99. The molecule has 3 nitrogen and oxygen atoms in total. The number of aromatic nitrogens is 3. The van der Waals surface area contributed by atoms with E-state index in [0.29, 0.717) is 17.4 Å². The summed E-state index contributed by atoms with van der Waals surface area (Å²) in [6, 6.07) is 2.58. The Morgan fingerprint density at radius 1 is 1.29 bits per heavy atom. The van der Waals surface area contributed by atoms with Crippen LogP contribution in [0, 0.1) is 11.6 Å². The first kappa shape index (κ1) is 10.8. The molecular formula is C11H8BrF2N3. The highest BCUT2D eigenvalue weighted by molar-refractivity contribution is 9.10. The van der Waals surface area contributed by atoms with Gasteiger partial charge >= 0.3 is 0 Å². The quantitative estimate of drug-likeness (QED) is 0.810. The molecule has 0 radical (unpaired) electrons. The second-order valence-corrected chi connectivity index (χ2v) is 5.00. The lowest BCUT2D eigenvalue weighted by molar-refractivity contribution is 0.512. The lowest BCUT2D eigenvalue weighted by Crippen LogP contribution is -2.07. The number of fused-ring (bicyclic) bond motifs is 1. The molecular weight excluding hydrogens is 292 g/mol. The maximum Gasteiger partial charge on any atom is 0.133 e. The van der Waals surface area contributed by atoms with Gasteiger partial charge in [-0.3, -0.25) is 0 Å². The third kappa shape index (κ3) is 1.76. The second kappa shape index (κ2) is 3.87. The van der Waals surface area contributed by atoms with Crippen LogP contribution in [0.1, 0.15) is 17.3 Å². The summed E-state index contributed by atoms with van der Waals surface area (Å²) in [7, 11) is 0. The van der Waals surface area contributed by atoms with Gasteiger partial charge in [-0.15, -0.1) is 10.2 Å². The van der Waals surface area contributed by atoms with E-state index < -0.39 is 11.6 Å². The van der Waals surface area contributed by atoms with Crippen molar-refractivity contribution >= 4 is 15.9 Å². The molecule has 6 heteroatoms. The normalized spacial score (nSPS) is 18.4. The van der Waals surface area contributed by atoms with Gasteiger partial charge < -0.3 is 4.57 Å². The second-order valence-electron chi connectivity index (χ2n) is 4.08. The Kier molecular flexibility index (Phi) is 2.47. The fourth-order valence-corrected chi connectivity index (χ4v) is 2.65. The first-order valence-electron chi connectivity index (χ1n) is 5.16. The fourth-order valence-electron chi connectivity index (χ4n) is 2.25. The van der Waals surface area contributed by atoms with Gasteiger partial charge in [-0.2, -0.15) is 0 Å². The highest BCUT2D eigenvalue weighted by atomic mass is 79.9. The molecule has 1 atom stereocenters. The summed E-state index contributed by atoms with van der Waals surface area (Å²) in [4.78, 5) is 0. The Labute approximate surface area is 105 Å². The van der Waals surface area contributed by atoms with Crippen LogP contribution in [-0.4, -0.2) is 14.8 Å². The average molecular weight is 300 g/mol. The molecule has 1 aromatic heterocycles. The number of halogens is 3. The SMILES string of the molecule is Fc1cc(Br)cc(F)c1C1Cc2nncn2C1.